The first-order valence-electron chi connectivity index (χ1n) is 10.7. The van der Waals surface area contributed by atoms with Gasteiger partial charge in [-0.1, -0.05) is 18.2 Å². The van der Waals surface area contributed by atoms with E-state index in [4.69, 9.17) is 0 Å². The Morgan fingerprint density at radius 1 is 1.00 bits per heavy atom. The first kappa shape index (κ1) is 19.7. The zero-order valence-corrected chi connectivity index (χ0v) is 18.3. The molecule has 162 valence electrons. The molecule has 1 aliphatic rings. The van der Waals surface area contributed by atoms with Crippen LogP contribution in [0, 0.1) is 0 Å². The van der Waals surface area contributed by atoms with E-state index in [-0.39, 0.29) is 17.9 Å². The molecule has 33 heavy (non-hydrogen) atoms. The van der Waals surface area contributed by atoms with E-state index in [2.05, 4.69) is 30.5 Å². The van der Waals surface area contributed by atoms with Gasteiger partial charge in [0.2, 0.25) is 0 Å². The Hall–Kier alpha value is -3.98. The van der Waals surface area contributed by atoms with Crippen molar-refractivity contribution in [3.8, 4) is 16.5 Å². The standard InChI is InChI=1S/C24H19N7OS/c32-23(19-7-1-4-15-5-2-9-26-20(15)19)28-17-12-16(13-17)21-29-30-22(24-27-10-11-33-24)31(21)18-6-3-8-25-14-18/h1-11,14,16-17H,12-13H2,(H,28,32)/t16-,17-. The van der Waals surface area contributed by atoms with Crippen LogP contribution >= 0.6 is 11.3 Å². The third-order valence-electron chi connectivity index (χ3n) is 5.93. The van der Waals surface area contributed by atoms with Crippen molar-refractivity contribution in [2.75, 3.05) is 0 Å². The van der Waals surface area contributed by atoms with Crippen molar-refractivity contribution in [2.45, 2.75) is 24.8 Å². The second-order valence-electron chi connectivity index (χ2n) is 7.99. The molecule has 1 amide bonds. The second kappa shape index (κ2) is 8.18. The normalized spacial score (nSPS) is 17.6. The van der Waals surface area contributed by atoms with Gasteiger partial charge in [0.05, 0.1) is 23.0 Å². The van der Waals surface area contributed by atoms with Crippen molar-refractivity contribution in [1.29, 1.82) is 0 Å². The number of benzene rings is 1. The SMILES string of the molecule is O=C(N[C@H]1C[C@H](c2nnc(-c3nccs3)n2-c2cccnc2)C1)c1cccc2cccnc12. The lowest BCUT2D eigenvalue weighted by Gasteiger charge is -2.35. The predicted octanol–water partition coefficient (Wildman–Crippen LogP) is 4.01. The Bertz CT molecular complexity index is 1420. The Morgan fingerprint density at radius 3 is 2.70 bits per heavy atom. The molecule has 0 atom stereocenters. The zero-order chi connectivity index (χ0) is 22.2. The largest absolute Gasteiger partial charge is 0.349 e. The Labute approximate surface area is 193 Å². The van der Waals surface area contributed by atoms with Crippen LogP contribution in [0.3, 0.4) is 0 Å². The van der Waals surface area contributed by atoms with Gasteiger partial charge in [0.25, 0.3) is 5.91 Å². The maximum Gasteiger partial charge on any atom is 0.253 e. The van der Waals surface area contributed by atoms with Gasteiger partial charge in [0.1, 0.15) is 5.82 Å². The molecule has 4 aromatic heterocycles. The van der Waals surface area contributed by atoms with E-state index in [9.17, 15) is 4.79 Å². The topological polar surface area (TPSA) is 98.5 Å². The zero-order valence-electron chi connectivity index (χ0n) is 17.5. The highest BCUT2D eigenvalue weighted by Gasteiger charge is 2.36. The summed E-state index contributed by atoms with van der Waals surface area (Å²) in [5.74, 6) is 1.66. The summed E-state index contributed by atoms with van der Waals surface area (Å²) in [7, 11) is 0. The fourth-order valence-electron chi connectivity index (χ4n) is 4.27. The minimum absolute atomic E-state index is 0.0730. The molecular formula is C24H19N7OS. The fourth-order valence-corrected chi connectivity index (χ4v) is 4.88. The highest BCUT2D eigenvalue weighted by molar-refractivity contribution is 7.13. The van der Waals surface area contributed by atoms with E-state index in [1.807, 2.05) is 52.4 Å². The first-order chi connectivity index (χ1) is 16.3. The molecule has 1 N–H and O–H groups in total. The molecule has 0 unspecified atom stereocenters. The van der Waals surface area contributed by atoms with Crippen LogP contribution in [0.15, 0.2) is 72.6 Å². The van der Waals surface area contributed by atoms with Gasteiger partial charge in [-0.2, -0.15) is 0 Å². The first-order valence-corrected chi connectivity index (χ1v) is 11.6. The molecule has 1 fully saturated rings. The van der Waals surface area contributed by atoms with Gasteiger partial charge in [-0.05, 0) is 37.1 Å². The van der Waals surface area contributed by atoms with Crippen LogP contribution in [0.2, 0.25) is 0 Å². The molecule has 0 aliphatic heterocycles. The lowest BCUT2D eigenvalue weighted by Crippen LogP contribution is -2.44. The molecule has 1 saturated carbocycles. The Morgan fingerprint density at radius 2 is 1.88 bits per heavy atom. The van der Waals surface area contributed by atoms with Crippen molar-refractivity contribution < 1.29 is 4.79 Å². The van der Waals surface area contributed by atoms with Crippen LogP contribution in [-0.4, -0.2) is 41.7 Å². The summed E-state index contributed by atoms with van der Waals surface area (Å²) in [5.41, 5.74) is 2.22. The Kier molecular flexibility index (Phi) is 4.88. The minimum atomic E-state index is -0.0973. The second-order valence-corrected chi connectivity index (χ2v) is 8.88. The summed E-state index contributed by atoms with van der Waals surface area (Å²) < 4.78 is 2.03. The van der Waals surface area contributed by atoms with Gasteiger partial charge < -0.3 is 5.32 Å². The number of amides is 1. The molecule has 0 radical (unpaired) electrons. The number of pyridine rings is 2. The summed E-state index contributed by atoms with van der Waals surface area (Å²) in [6.45, 7) is 0. The summed E-state index contributed by atoms with van der Waals surface area (Å²) in [5, 5.41) is 15.8. The molecule has 6 rings (SSSR count). The van der Waals surface area contributed by atoms with Crippen molar-refractivity contribution >= 4 is 28.1 Å². The van der Waals surface area contributed by atoms with Gasteiger partial charge in [-0.15, -0.1) is 21.5 Å². The molecule has 0 spiro atoms. The lowest BCUT2D eigenvalue weighted by molar-refractivity contribution is 0.0908. The fraction of sp³-hybridized carbons (Fsp3) is 0.167. The number of fused-ring (bicyclic) bond motifs is 1. The molecule has 1 aliphatic carbocycles. The average Bonchev–Trinajstić information content (AvgIpc) is 3.51. The number of nitrogens with zero attached hydrogens (tertiary/aromatic N) is 6. The van der Waals surface area contributed by atoms with E-state index >= 15 is 0 Å². The minimum Gasteiger partial charge on any atom is -0.349 e. The van der Waals surface area contributed by atoms with Gasteiger partial charge in [-0.3, -0.25) is 19.3 Å². The van der Waals surface area contributed by atoms with Crippen molar-refractivity contribution in [3.05, 3.63) is 84.0 Å². The number of carbonyl (C=O) groups excluding carboxylic acids is 1. The third kappa shape index (κ3) is 3.56. The smallest absolute Gasteiger partial charge is 0.253 e. The number of carbonyl (C=O) groups is 1. The highest BCUT2D eigenvalue weighted by Crippen LogP contribution is 2.39. The van der Waals surface area contributed by atoms with Crippen LogP contribution < -0.4 is 5.32 Å². The quantitative estimate of drug-likeness (QED) is 0.432. The van der Waals surface area contributed by atoms with Crippen LogP contribution in [0.5, 0.6) is 0 Å². The maximum atomic E-state index is 13.0. The van der Waals surface area contributed by atoms with Crippen molar-refractivity contribution in [2.24, 2.45) is 0 Å². The van der Waals surface area contributed by atoms with E-state index in [1.165, 1.54) is 11.3 Å². The summed E-state index contributed by atoms with van der Waals surface area (Å²) in [4.78, 5) is 26.0. The number of hydrogen-bond donors (Lipinski definition) is 1. The van der Waals surface area contributed by atoms with E-state index in [1.54, 1.807) is 24.8 Å². The summed E-state index contributed by atoms with van der Waals surface area (Å²) >= 11 is 1.53. The molecule has 0 saturated heterocycles. The average molecular weight is 454 g/mol. The number of para-hydroxylation sites is 1. The van der Waals surface area contributed by atoms with Crippen LogP contribution in [0.25, 0.3) is 27.4 Å². The van der Waals surface area contributed by atoms with Gasteiger partial charge >= 0.3 is 0 Å². The van der Waals surface area contributed by atoms with Gasteiger partial charge in [-0.25, -0.2) is 4.98 Å². The summed E-state index contributed by atoms with van der Waals surface area (Å²) in [6.07, 6.45) is 8.60. The van der Waals surface area contributed by atoms with Gasteiger partial charge in [0.15, 0.2) is 10.8 Å². The monoisotopic (exact) mass is 453 g/mol. The van der Waals surface area contributed by atoms with Crippen LogP contribution in [0.1, 0.15) is 34.9 Å². The third-order valence-corrected chi connectivity index (χ3v) is 6.70. The van der Waals surface area contributed by atoms with E-state index < -0.39 is 0 Å². The van der Waals surface area contributed by atoms with E-state index in [0.717, 1.165) is 40.3 Å². The summed E-state index contributed by atoms with van der Waals surface area (Å²) in [6, 6.07) is 13.5. The molecule has 5 aromatic rings. The molecule has 8 nitrogen and oxygen atoms in total. The highest BCUT2D eigenvalue weighted by atomic mass is 32.1. The number of rotatable bonds is 5. The molecule has 1 aromatic carbocycles. The maximum absolute atomic E-state index is 13.0. The van der Waals surface area contributed by atoms with Crippen LogP contribution in [-0.2, 0) is 0 Å². The molecule has 0 bridgehead atoms. The van der Waals surface area contributed by atoms with Crippen LogP contribution in [0.4, 0.5) is 0 Å². The number of thiazole rings is 1. The van der Waals surface area contributed by atoms with Crippen molar-refractivity contribution in [3.63, 3.8) is 0 Å². The lowest BCUT2D eigenvalue weighted by atomic mass is 9.79. The van der Waals surface area contributed by atoms with E-state index in [0.29, 0.717) is 11.4 Å². The van der Waals surface area contributed by atoms with Crippen molar-refractivity contribution in [1.82, 2.24) is 35.0 Å². The Balaban J connectivity index is 1.23. The number of nitrogens with one attached hydrogen (secondary N) is 1. The number of hydrogen-bond acceptors (Lipinski definition) is 7. The van der Waals surface area contributed by atoms with Gasteiger partial charge in [0, 0.05) is 41.3 Å². The number of aromatic nitrogens is 6. The molecule has 9 heteroatoms. The molecule has 4 heterocycles. The molecular weight excluding hydrogens is 434 g/mol. The predicted molar refractivity (Wildman–Crippen MR) is 125 cm³/mol.